The SMILES string of the molecule is CSc1ccc(-c2ccc(=O)n(CC(=O)Nc3nnc(CC(C)C)s3)n2)cc1. The summed E-state index contributed by atoms with van der Waals surface area (Å²) >= 11 is 3.00. The van der Waals surface area contributed by atoms with E-state index in [1.165, 1.54) is 17.4 Å². The molecule has 0 saturated heterocycles. The smallest absolute Gasteiger partial charge is 0.267 e. The van der Waals surface area contributed by atoms with Crippen LogP contribution in [0.15, 0.2) is 46.1 Å². The van der Waals surface area contributed by atoms with Crippen molar-refractivity contribution < 1.29 is 4.79 Å². The van der Waals surface area contributed by atoms with Crippen LogP contribution in [0.1, 0.15) is 18.9 Å². The van der Waals surface area contributed by atoms with Gasteiger partial charge in [0.1, 0.15) is 11.6 Å². The Balaban J connectivity index is 1.71. The number of thioether (sulfide) groups is 1. The van der Waals surface area contributed by atoms with Crippen molar-refractivity contribution in [1.29, 1.82) is 0 Å². The molecule has 2 heterocycles. The lowest BCUT2D eigenvalue weighted by Crippen LogP contribution is -2.29. The molecule has 0 bridgehead atoms. The normalized spacial score (nSPS) is 11.0. The van der Waals surface area contributed by atoms with Gasteiger partial charge in [0.2, 0.25) is 11.0 Å². The van der Waals surface area contributed by atoms with Gasteiger partial charge in [0.25, 0.3) is 5.56 Å². The van der Waals surface area contributed by atoms with Crippen LogP contribution in [-0.4, -0.2) is 32.1 Å². The summed E-state index contributed by atoms with van der Waals surface area (Å²) in [6, 6.07) is 11.0. The Morgan fingerprint density at radius 3 is 2.61 bits per heavy atom. The third-order valence-corrected chi connectivity index (χ3v) is 5.45. The van der Waals surface area contributed by atoms with Crippen molar-refractivity contribution >= 4 is 34.1 Å². The van der Waals surface area contributed by atoms with Crippen molar-refractivity contribution in [2.45, 2.75) is 31.7 Å². The van der Waals surface area contributed by atoms with Gasteiger partial charge in [-0.05, 0) is 30.4 Å². The highest BCUT2D eigenvalue weighted by atomic mass is 32.2. The van der Waals surface area contributed by atoms with Gasteiger partial charge in [-0.1, -0.05) is 37.3 Å². The van der Waals surface area contributed by atoms with Crippen LogP contribution in [0.5, 0.6) is 0 Å². The first-order valence-electron chi connectivity index (χ1n) is 8.79. The minimum Gasteiger partial charge on any atom is -0.299 e. The summed E-state index contributed by atoms with van der Waals surface area (Å²) in [5, 5.41) is 16.4. The number of hydrogen-bond donors (Lipinski definition) is 1. The number of rotatable bonds is 7. The molecule has 146 valence electrons. The Hall–Kier alpha value is -2.52. The Morgan fingerprint density at radius 1 is 1.18 bits per heavy atom. The third-order valence-electron chi connectivity index (χ3n) is 3.84. The molecule has 0 fully saturated rings. The van der Waals surface area contributed by atoms with Crippen molar-refractivity contribution in [2.24, 2.45) is 5.92 Å². The standard InChI is InChI=1S/C19H21N5O2S2/c1-12(2)10-17-21-22-19(28-17)20-16(25)11-24-18(26)9-8-15(23-24)13-4-6-14(27-3)7-5-13/h4-9,12H,10-11H2,1-3H3,(H,20,22,25). The van der Waals surface area contributed by atoms with Gasteiger partial charge in [0.05, 0.1) is 5.69 Å². The molecule has 0 saturated carbocycles. The van der Waals surface area contributed by atoms with Gasteiger partial charge in [-0.3, -0.25) is 14.9 Å². The van der Waals surface area contributed by atoms with Crippen LogP contribution in [0.2, 0.25) is 0 Å². The van der Waals surface area contributed by atoms with Gasteiger partial charge in [0.15, 0.2) is 0 Å². The molecule has 1 aromatic carbocycles. The number of aromatic nitrogens is 4. The second kappa shape index (κ2) is 9.11. The van der Waals surface area contributed by atoms with Crippen LogP contribution in [-0.2, 0) is 17.8 Å². The van der Waals surface area contributed by atoms with E-state index in [2.05, 4.69) is 34.5 Å². The molecule has 1 N–H and O–H groups in total. The van der Waals surface area contributed by atoms with E-state index in [-0.39, 0.29) is 18.0 Å². The molecular formula is C19H21N5O2S2. The highest BCUT2D eigenvalue weighted by Gasteiger charge is 2.12. The zero-order chi connectivity index (χ0) is 20.1. The third kappa shape index (κ3) is 5.26. The van der Waals surface area contributed by atoms with Crippen molar-refractivity contribution in [1.82, 2.24) is 20.0 Å². The van der Waals surface area contributed by atoms with Gasteiger partial charge < -0.3 is 0 Å². The highest BCUT2D eigenvalue weighted by Crippen LogP contribution is 2.21. The molecule has 3 aromatic rings. The summed E-state index contributed by atoms with van der Waals surface area (Å²) in [6.45, 7) is 4.01. The summed E-state index contributed by atoms with van der Waals surface area (Å²) in [4.78, 5) is 25.6. The predicted octanol–water partition coefficient (Wildman–Crippen LogP) is 3.32. The molecule has 3 rings (SSSR count). The molecule has 0 aliphatic carbocycles. The van der Waals surface area contributed by atoms with Crippen LogP contribution < -0.4 is 10.9 Å². The molecule has 0 atom stereocenters. The number of amides is 1. The molecule has 0 spiro atoms. The van der Waals surface area contributed by atoms with E-state index >= 15 is 0 Å². The largest absolute Gasteiger partial charge is 0.299 e. The van der Waals surface area contributed by atoms with Gasteiger partial charge in [-0.25, -0.2) is 4.68 Å². The van der Waals surface area contributed by atoms with E-state index in [1.807, 2.05) is 30.5 Å². The number of nitrogens with zero attached hydrogens (tertiary/aromatic N) is 4. The van der Waals surface area contributed by atoms with Gasteiger partial charge >= 0.3 is 0 Å². The Kier molecular flexibility index (Phi) is 6.58. The van der Waals surface area contributed by atoms with E-state index in [9.17, 15) is 9.59 Å². The van der Waals surface area contributed by atoms with Crippen LogP contribution in [0.3, 0.4) is 0 Å². The average molecular weight is 416 g/mol. The molecule has 1 amide bonds. The Morgan fingerprint density at radius 2 is 1.93 bits per heavy atom. The summed E-state index contributed by atoms with van der Waals surface area (Å²) < 4.78 is 1.16. The van der Waals surface area contributed by atoms with Crippen LogP contribution in [0.4, 0.5) is 5.13 Å². The lowest BCUT2D eigenvalue weighted by atomic mass is 10.1. The van der Waals surface area contributed by atoms with Gasteiger partial charge in [0, 0.05) is 22.9 Å². The minimum absolute atomic E-state index is 0.186. The molecule has 0 radical (unpaired) electrons. The van der Waals surface area contributed by atoms with E-state index < -0.39 is 0 Å². The Bertz CT molecular complexity index is 1010. The highest BCUT2D eigenvalue weighted by molar-refractivity contribution is 7.98. The number of hydrogen-bond acceptors (Lipinski definition) is 7. The second-order valence-electron chi connectivity index (χ2n) is 6.59. The topological polar surface area (TPSA) is 89.8 Å². The predicted molar refractivity (Wildman–Crippen MR) is 113 cm³/mol. The molecule has 28 heavy (non-hydrogen) atoms. The maximum absolute atomic E-state index is 12.3. The number of anilines is 1. The minimum atomic E-state index is -0.364. The fourth-order valence-corrected chi connectivity index (χ4v) is 3.88. The van der Waals surface area contributed by atoms with Gasteiger partial charge in [-0.15, -0.1) is 22.0 Å². The fraction of sp³-hybridized carbons (Fsp3) is 0.316. The van der Waals surface area contributed by atoms with E-state index in [0.29, 0.717) is 16.7 Å². The van der Waals surface area contributed by atoms with E-state index in [1.54, 1.807) is 17.8 Å². The monoisotopic (exact) mass is 415 g/mol. The lowest BCUT2D eigenvalue weighted by molar-refractivity contribution is -0.117. The van der Waals surface area contributed by atoms with E-state index in [4.69, 9.17) is 0 Å². The molecule has 0 aliphatic heterocycles. The molecule has 2 aromatic heterocycles. The summed E-state index contributed by atoms with van der Waals surface area (Å²) in [5.74, 6) is 0.101. The molecule has 0 unspecified atom stereocenters. The fourth-order valence-electron chi connectivity index (χ4n) is 2.51. The average Bonchev–Trinajstić information content (AvgIpc) is 3.09. The Labute approximate surface area is 171 Å². The lowest BCUT2D eigenvalue weighted by Gasteiger charge is -2.07. The molecule has 7 nitrogen and oxygen atoms in total. The molecule has 9 heteroatoms. The van der Waals surface area contributed by atoms with Crippen molar-refractivity contribution in [3.63, 3.8) is 0 Å². The van der Waals surface area contributed by atoms with Crippen molar-refractivity contribution in [2.75, 3.05) is 11.6 Å². The molecule has 0 aliphatic rings. The van der Waals surface area contributed by atoms with Crippen molar-refractivity contribution in [3.05, 3.63) is 51.8 Å². The maximum atomic E-state index is 12.3. The maximum Gasteiger partial charge on any atom is 0.267 e. The summed E-state index contributed by atoms with van der Waals surface area (Å²) in [7, 11) is 0. The summed E-state index contributed by atoms with van der Waals surface area (Å²) in [5.41, 5.74) is 1.18. The number of carbonyl (C=O) groups is 1. The van der Waals surface area contributed by atoms with Gasteiger partial charge in [-0.2, -0.15) is 5.10 Å². The van der Waals surface area contributed by atoms with Crippen LogP contribution >= 0.6 is 23.1 Å². The first kappa shape index (κ1) is 20.2. The first-order valence-corrected chi connectivity index (χ1v) is 10.8. The zero-order valence-corrected chi connectivity index (χ0v) is 17.5. The van der Waals surface area contributed by atoms with E-state index in [0.717, 1.165) is 26.6 Å². The quantitative estimate of drug-likeness (QED) is 0.596. The zero-order valence-electron chi connectivity index (χ0n) is 15.9. The van der Waals surface area contributed by atoms with Crippen LogP contribution in [0, 0.1) is 5.92 Å². The second-order valence-corrected chi connectivity index (χ2v) is 8.53. The van der Waals surface area contributed by atoms with Crippen molar-refractivity contribution in [3.8, 4) is 11.3 Å². The van der Waals surface area contributed by atoms with Crippen LogP contribution in [0.25, 0.3) is 11.3 Å². The number of nitrogens with one attached hydrogen (secondary N) is 1. The number of carbonyl (C=O) groups excluding carboxylic acids is 1. The first-order chi connectivity index (χ1) is 13.4. The summed E-state index contributed by atoms with van der Waals surface area (Å²) in [6.07, 6.45) is 2.82. The molecular weight excluding hydrogens is 394 g/mol. The number of benzene rings is 1.